The predicted octanol–water partition coefficient (Wildman–Crippen LogP) is 1.88. The number of aromatic hydroxyl groups is 1. The summed E-state index contributed by atoms with van der Waals surface area (Å²) in [6.45, 7) is 1.39. The minimum absolute atomic E-state index is 0.0150. The molecule has 16 heavy (non-hydrogen) atoms. The van der Waals surface area contributed by atoms with Gasteiger partial charge in [0.25, 0.3) is 0 Å². The highest BCUT2D eigenvalue weighted by molar-refractivity contribution is 5.81. The van der Waals surface area contributed by atoms with Crippen LogP contribution in [-0.2, 0) is 11.3 Å². The van der Waals surface area contributed by atoms with E-state index in [9.17, 15) is 23.1 Å². The Morgan fingerprint density at radius 1 is 1.44 bits per heavy atom. The number of aryl methyl sites for hydroxylation is 1. The van der Waals surface area contributed by atoms with Gasteiger partial charge in [0.2, 0.25) is 0 Å². The van der Waals surface area contributed by atoms with Crippen LogP contribution in [0, 0.1) is 6.92 Å². The molecule has 0 aromatic heterocycles. The third-order valence-corrected chi connectivity index (χ3v) is 1.98. The van der Waals surface area contributed by atoms with Crippen LogP contribution < -0.4 is 5.32 Å². The van der Waals surface area contributed by atoms with Crippen molar-refractivity contribution in [2.24, 2.45) is 0 Å². The Labute approximate surface area is 89.9 Å². The van der Waals surface area contributed by atoms with Gasteiger partial charge in [-0.3, -0.25) is 4.79 Å². The molecule has 1 rings (SSSR count). The van der Waals surface area contributed by atoms with Crippen LogP contribution in [-0.4, -0.2) is 17.2 Å². The van der Waals surface area contributed by atoms with Gasteiger partial charge in [-0.1, -0.05) is 12.1 Å². The number of halogens is 3. The van der Waals surface area contributed by atoms with Gasteiger partial charge in [-0.2, -0.15) is 13.2 Å². The first kappa shape index (κ1) is 12.4. The summed E-state index contributed by atoms with van der Waals surface area (Å²) < 4.78 is 35.5. The molecule has 88 valence electrons. The molecular formula is C10H10F3NO2. The lowest BCUT2D eigenvalue weighted by molar-refractivity contribution is -0.173. The maximum absolute atomic E-state index is 11.8. The highest BCUT2D eigenvalue weighted by Crippen LogP contribution is 2.18. The molecule has 0 saturated heterocycles. The second-order valence-electron chi connectivity index (χ2n) is 3.30. The van der Waals surface area contributed by atoms with E-state index in [1.54, 1.807) is 18.3 Å². The third kappa shape index (κ3) is 3.15. The molecule has 0 aliphatic heterocycles. The molecule has 0 heterocycles. The highest BCUT2D eigenvalue weighted by atomic mass is 19.4. The van der Waals surface area contributed by atoms with E-state index in [0.29, 0.717) is 11.1 Å². The van der Waals surface area contributed by atoms with Crippen LogP contribution in [0.1, 0.15) is 11.1 Å². The summed E-state index contributed by atoms with van der Waals surface area (Å²) in [4.78, 5) is 10.5. The summed E-state index contributed by atoms with van der Waals surface area (Å²) >= 11 is 0. The van der Waals surface area contributed by atoms with Gasteiger partial charge in [0.1, 0.15) is 5.75 Å². The number of benzene rings is 1. The SMILES string of the molecule is Cc1ccc(CNC(=O)C(F)(F)F)cc1O. The second kappa shape index (κ2) is 4.42. The van der Waals surface area contributed by atoms with Crippen LogP contribution in [0.3, 0.4) is 0 Å². The summed E-state index contributed by atoms with van der Waals surface area (Å²) in [5, 5.41) is 11.0. The molecule has 0 atom stereocenters. The number of phenolic OH excluding ortho intramolecular Hbond substituents is 1. The van der Waals surface area contributed by atoms with E-state index in [4.69, 9.17) is 0 Å². The Balaban J connectivity index is 2.62. The fourth-order valence-corrected chi connectivity index (χ4v) is 1.05. The zero-order chi connectivity index (χ0) is 12.3. The first-order valence-electron chi connectivity index (χ1n) is 4.44. The lowest BCUT2D eigenvalue weighted by Gasteiger charge is -2.08. The fraction of sp³-hybridized carbons (Fsp3) is 0.300. The quantitative estimate of drug-likeness (QED) is 0.819. The van der Waals surface area contributed by atoms with Crippen molar-refractivity contribution in [1.82, 2.24) is 5.32 Å². The lowest BCUT2D eigenvalue weighted by atomic mass is 10.1. The summed E-state index contributed by atoms with van der Waals surface area (Å²) in [5.74, 6) is -2.01. The molecule has 0 bridgehead atoms. The largest absolute Gasteiger partial charge is 0.508 e. The molecule has 1 aromatic carbocycles. The van der Waals surface area contributed by atoms with Gasteiger partial charge in [0.05, 0.1) is 0 Å². The number of phenols is 1. The van der Waals surface area contributed by atoms with Gasteiger partial charge in [0.15, 0.2) is 0 Å². The van der Waals surface area contributed by atoms with Crippen molar-refractivity contribution in [2.75, 3.05) is 0 Å². The number of carbonyl (C=O) groups is 1. The zero-order valence-corrected chi connectivity index (χ0v) is 8.43. The van der Waals surface area contributed by atoms with Crippen LogP contribution in [0.5, 0.6) is 5.75 Å². The van der Waals surface area contributed by atoms with Crippen molar-refractivity contribution >= 4 is 5.91 Å². The molecular weight excluding hydrogens is 223 g/mol. The topological polar surface area (TPSA) is 49.3 Å². The maximum atomic E-state index is 11.8. The molecule has 0 unspecified atom stereocenters. The average Bonchev–Trinajstić information content (AvgIpc) is 2.18. The van der Waals surface area contributed by atoms with Gasteiger partial charge in [-0.15, -0.1) is 0 Å². The van der Waals surface area contributed by atoms with E-state index in [-0.39, 0.29) is 12.3 Å². The first-order valence-corrected chi connectivity index (χ1v) is 4.44. The summed E-state index contributed by atoms with van der Waals surface area (Å²) in [7, 11) is 0. The van der Waals surface area contributed by atoms with Crippen molar-refractivity contribution in [3.63, 3.8) is 0 Å². The smallest absolute Gasteiger partial charge is 0.471 e. The lowest BCUT2D eigenvalue weighted by Crippen LogP contribution is -2.36. The zero-order valence-electron chi connectivity index (χ0n) is 8.43. The molecule has 0 radical (unpaired) electrons. The number of hydrogen-bond acceptors (Lipinski definition) is 2. The van der Waals surface area contributed by atoms with Crippen molar-refractivity contribution in [3.05, 3.63) is 29.3 Å². The Morgan fingerprint density at radius 2 is 2.06 bits per heavy atom. The molecule has 3 nitrogen and oxygen atoms in total. The fourth-order valence-electron chi connectivity index (χ4n) is 1.05. The third-order valence-electron chi connectivity index (χ3n) is 1.98. The van der Waals surface area contributed by atoms with Crippen LogP contribution in [0.4, 0.5) is 13.2 Å². The molecule has 0 aliphatic rings. The Hall–Kier alpha value is -1.72. The van der Waals surface area contributed by atoms with Gasteiger partial charge in [-0.25, -0.2) is 0 Å². The van der Waals surface area contributed by atoms with Gasteiger partial charge < -0.3 is 10.4 Å². The molecule has 2 N–H and O–H groups in total. The van der Waals surface area contributed by atoms with Crippen LogP contribution in [0.2, 0.25) is 0 Å². The summed E-state index contributed by atoms with van der Waals surface area (Å²) in [6.07, 6.45) is -4.88. The van der Waals surface area contributed by atoms with E-state index in [1.807, 2.05) is 0 Å². The molecule has 0 fully saturated rings. The Bertz CT molecular complexity index is 402. The van der Waals surface area contributed by atoms with Crippen molar-refractivity contribution in [2.45, 2.75) is 19.6 Å². The predicted molar refractivity (Wildman–Crippen MR) is 50.7 cm³/mol. The van der Waals surface area contributed by atoms with Crippen molar-refractivity contribution in [1.29, 1.82) is 0 Å². The molecule has 0 spiro atoms. The van der Waals surface area contributed by atoms with Gasteiger partial charge in [-0.05, 0) is 24.1 Å². The summed E-state index contributed by atoms with van der Waals surface area (Å²) in [5.41, 5.74) is 1.02. The number of hydrogen-bond donors (Lipinski definition) is 2. The van der Waals surface area contributed by atoms with Crippen LogP contribution in [0.15, 0.2) is 18.2 Å². The second-order valence-corrected chi connectivity index (χ2v) is 3.30. The molecule has 0 saturated carbocycles. The number of nitrogens with one attached hydrogen (secondary N) is 1. The standard InChI is InChI=1S/C10H10F3NO2/c1-6-2-3-7(4-8(6)15)5-14-9(16)10(11,12)13/h2-4,15H,5H2,1H3,(H,14,16). The number of carbonyl (C=O) groups excluding carboxylic acids is 1. The van der Waals surface area contributed by atoms with Crippen LogP contribution in [0.25, 0.3) is 0 Å². The number of alkyl halides is 3. The monoisotopic (exact) mass is 233 g/mol. The average molecular weight is 233 g/mol. The van der Waals surface area contributed by atoms with Gasteiger partial charge in [0, 0.05) is 6.54 Å². The van der Waals surface area contributed by atoms with Crippen molar-refractivity contribution in [3.8, 4) is 5.75 Å². The minimum atomic E-state index is -4.88. The summed E-state index contributed by atoms with van der Waals surface area (Å²) in [6, 6.07) is 4.40. The molecule has 0 aliphatic carbocycles. The number of rotatable bonds is 2. The molecule has 1 amide bonds. The van der Waals surface area contributed by atoms with E-state index < -0.39 is 12.1 Å². The van der Waals surface area contributed by atoms with Crippen LogP contribution >= 0.6 is 0 Å². The normalized spacial score (nSPS) is 11.2. The Morgan fingerprint density at radius 3 is 2.56 bits per heavy atom. The maximum Gasteiger partial charge on any atom is 0.471 e. The number of amides is 1. The minimum Gasteiger partial charge on any atom is -0.508 e. The van der Waals surface area contributed by atoms with E-state index in [1.165, 1.54) is 12.1 Å². The molecule has 6 heteroatoms. The first-order chi connectivity index (χ1) is 7.30. The van der Waals surface area contributed by atoms with E-state index >= 15 is 0 Å². The van der Waals surface area contributed by atoms with Crippen molar-refractivity contribution < 1.29 is 23.1 Å². The van der Waals surface area contributed by atoms with E-state index in [0.717, 1.165) is 0 Å². The van der Waals surface area contributed by atoms with E-state index in [2.05, 4.69) is 0 Å². The Kier molecular flexibility index (Phi) is 3.41. The molecule has 1 aromatic rings. The highest BCUT2D eigenvalue weighted by Gasteiger charge is 2.38. The van der Waals surface area contributed by atoms with Gasteiger partial charge >= 0.3 is 12.1 Å².